The number of aryl methyl sites for hydroxylation is 1. The minimum Gasteiger partial charge on any atom is -0.347 e. The number of fused-ring (bicyclic) bond motifs is 3. The molecule has 0 aliphatic heterocycles. The SMILES string of the molecule is CCOP(=O)(CCn1ccc2c3ccccc3ccc21)OCC. The molecule has 0 radical (unpaired) electrons. The summed E-state index contributed by atoms with van der Waals surface area (Å²) < 4.78 is 25.5. The molecule has 5 heteroatoms. The van der Waals surface area contributed by atoms with Crippen molar-refractivity contribution >= 4 is 29.3 Å². The van der Waals surface area contributed by atoms with E-state index in [4.69, 9.17) is 9.05 Å². The minimum absolute atomic E-state index is 0.380. The van der Waals surface area contributed by atoms with Crippen molar-refractivity contribution in [2.45, 2.75) is 20.4 Å². The molecule has 2 aromatic carbocycles. The molecule has 1 heterocycles. The molecule has 0 saturated heterocycles. The van der Waals surface area contributed by atoms with Gasteiger partial charge in [-0.25, -0.2) is 0 Å². The maximum Gasteiger partial charge on any atom is 0.332 e. The molecule has 0 N–H and O–H groups in total. The summed E-state index contributed by atoms with van der Waals surface area (Å²) in [7, 11) is -3.01. The number of aromatic nitrogens is 1. The number of nitrogens with zero attached hydrogens (tertiary/aromatic N) is 1. The lowest BCUT2D eigenvalue weighted by Crippen LogP contribution is -2.06. The van der Waals surface area contributed by atoms with Gasteiger partial charge in [-0.3, -0.25) is 4.57 Å². The van der Waals surface area contributed by atoms with Crippen molar-refractivity contribution in [2.75, 3.05) is 19.4 Å². The van der Waals surface area contributed by atoms with Gasteiger partial charge >= 0.3 is 7.60 Å². The Morgan fingerprint density at radius 3 is 2.43 bits per heavy atom. The second-order valence-corrected chi connectivity index (χ2v) is 7.58. The van der Waals surface area contributed by atoms with Crippen molar-refractivity contribution in [1.29, 1.82) is 0 Å². The fourth-order valence-electron chi connectivity index (χ4n) is 2.94. The fraction of sp³-hybridized carbons (Fsp3) is 0.333. The van der Waals surface area contributed by atoms with Gasteiger partial charge < -0.3 is 13.6 Å². The van der Waals surface area contributed by atoms with Gasteiger partial charge in [-0.2, -0.15) is 0 Å². The molecule has 0 saturated carbocycles. The van der Waals surface area contributed by atoms with Crippen LogP contribution in [0, 0.1) is 0 Å². The summed E-state index contributed by atoms with van der Waals surface area (Å²) in [5, 5.41) is 3.68. The van der Waals surface area contributed by atoms with Gasteiger partial charge in [-0.15, -0.1) is 0 Å². The van der Waals surface area contributed by atoms with E-state index in [1.165, 1.54) is 16.2 Å². The number of hydrogen-bond donors (Lipinski definition) is 0. The molecule has 0 aliphatic carbocycles. The largest absolute Gasteiger partial charge is 0.347 e. The predicted molar refractivity (Wildman–Crippen MR) is 95.2 cm³/mol. The molecule has 0 spiro atoms. The molecular formula is C18H22NO3P. The lowest BCUT2D eigenvalue weighted by Gasteiger charge is -2.17. The van der Waals surface area contributed by atoms with Crippen molar-refractivity contribution in [2.24, 2.45) is 0 Å². The van der Waals surface area contributed by atoms with Crippen LogP contribution in [0.3, 0.4) is 0 Å². The summed E-state index contributed by atoms with van der Waals surface area (Å²) in [5.74, 6) is 0. The zero-order valence-electron chi connectivity index (χ0n) is 13.6. The van der Waals surface area contributed by atoms with E-state index in [0.29, 0.717) is 25.9 Å². The van der Waals surface area contributed by atoms with Gasteiger partial charge in [0, 0.05) is 23.6 Å². The van der Waals surface area contributed by atoms with Crippen LogP contribution in [0.2, 0.25) is 0 Å². The highest BCUT2D eigenvalue weighted by molar-refractivity contribution is 7.53. The first-order valence-corrected chi connectivity index (χ1v) is 9.74. The molecule has 0 fully saturated rings. The van der Waals surface area contributed by atoms with Crippen molar-refractivity contribution in [3.8, 4) is 0 Å². The van der Waals surface area contributed by atoms with E-state index >= 15 is 0 Å². The molecular weight excluding hydrogens is 309 g/mol. The minimum atomic E-state index is -3.01. The predicted octanol–water partition coefficient (Wildman–Crippen LogP) is 5.06. The van der Waals surface area contributed by atoms with E-state index in [0.717, 1.165) is 5.52 Å². The topological polar surface area (TPSA) is 40.5 Å². The first-order chi connectivity index (χ1) is 11.2. The summed E-state index contributed by atoms with van der Waals surface area (Å²) in [6.45, 7) is 5.08. The standard InChI is InChI=1S/C18H22NO3P/c1-3-21-23(20,22-4-2)14-13-19-12-11-17-16-8-6-5-7-15(16)9-10-18(17)19/h5-12H,3-4,13-14H2,1-2H3. The van der Waals surface area contributed by atoms with Gasteiger partial charge in [0.1, 0.15) is 0 Å². The lowest BCUT2D eigenvalue weighted by molar-refractivity contribution is 0.219. The van der Waals surface area contributed by atoms with Gasteiger partial charge in [-0.05, 0) is 36.8 Å². The summed E-state index contributed by atoms with van der Waals surface area (Å²) in [5.41, 5.74) is 1.14. The van der Waals surface area contributed by atoms with Crippen molar-refractivity contribution in [1.82, 2.24) is 4.57 Å². The van der Waals surface area contributed by atoms with Crippen LogP contribution in [-0.2, 0) is 20.2 Å². The lowest BCUT2D eigenvalue weighted by atomic mass is 10.1. The van der Waals surface area contributed by atoms with E-state index in [-0.39, 0.29) is 0 Å². The number of rotatable bonds is 7. The normalized spacial score (nSPS) is 12.3. The van der Waals surface area contributed by atoms with Crippen LogP contribution in [0.1, 0.15) is 13.8 Å². The number of benzene rings is 2. The molecule has 0 bridgehead atoms. The first kappa shape index (κ1) is 16.3. The highest BCUT2D eigenvalue weighted by atomic mass is 31.2. The Balaban J connectivity index is 1.89. The highest BCUT2D eigenvalue weighted by Gasteiger charge is 2.23. The molecule has 3 rings (SSSR count). The molecule has 0 unspecified atom stereocenters. The Bertz CT molecular complexity index is 846. The monoisotopic (exact) mass is 331 g/mol. The molecule has 23 heavy (non-hydrogen) atoms. The van der Waals surface area contributed by atoms with E-state index in [1.807, 2.05) is 26.1 Å². The summed E-state index contributed by atoms with van der Waals surface area (Å²) in [4.78, 5) is 0. The third kappa shape index (κ3) is 3.35. The summed E-state index contributed by atoms with van der Waals surface area (Å²) in [6, 6.07) is 14.7. The molecule has 0 atom stereocenters. The highest BCUT2D eigenvalue weighted by Crippen LogP contribution is 2.48. The molecule has 4 nitrogen and oxygen atoms in total. The Kier molecular flexibility index (Phi) is 4.86. The van der Waals surface area contributed by atoms with Crippen LogP contribution in [0.5, 0.6) is 0 Å². The van der Waals surface area contributed by atoms with Gasteiger partial charge in [0.05, 0.1) is 19.4 Å². The Morgan fingerprint density at radius 2 is 1.70 bits per heavy atom. The average Bonchev–Trinajstić information content (AvgIpc) is 2.97. The molecule has 3 aromatic rings. The van der Waals surface area contributed by atoms with Crippen LogP contribution in [0.25, 0.3) is 21.7 Å². The maximum absolute atomic E-state index is 12.6. The Morgan fingerprint density at radius 1 is 0.957 bits per heavy atom. The quantitative estimate of drug-likeness (QED) is 0.568. The number of hydrogen-bond acceptors (Lipinski definition) is 3. The molecule has 122 valence electrons. The van der Waals surface area contributed by atoms with Gasteiger partial charge in [-0.1, -0.05) is 30.3 Å². The zero-order valence-corrected chi connectivity index (χ0v) is 14.5. The van der Waals surface area contributed by atoms with Crippen molar-refractivity contribution in [3.05, 3.63) is 48.7 Å². The second-order valence-electron chi connectivity index (χ2n) is 5.40. The third-order valence-corrected chi connectivity index (χ3v) is 6.00. The van der Waals surface area contributed by atoms with Gasteiger partial charge in [0.25, 0.3) is 0 Å². The van der Waals surface area contributed by atoms with E-state index in [9.17, 15) is 4.57 Å². The Labute approximate surface area is 136 Å². The first-order valence-electron chi connectivity index (χ1n) is 8.01. The van der Waals surface area contributed by atoms with E-state index < -0.39 is 7.60 Å². The fourth-order valence-corrected chi connectivity index (χ4v) is 4.52. The van der Waals surface area contributed by atoms with Crippen LogP contribution in [-0.4, -0.2) is 23.9 Å². The second kappa shape index (κ2) is 6.88. The molecule has 1 aromatic heterocycles. The van der Waals surface area contributed by atoms with Crippen LogP contribution in [0.15, 0.2) is 48.7 Å². The van der Waals surface area contributed by atoms with Crippen LogP contribution >= 0.6 is 7.60 Å². The average molecular weight is 331 g/mol. The molecule has 0 aliphatic rings. The van der Waals surface area contributed by atoms with Crippen LogP contribution < -0.4 is 0 Å². The Hall–Kier alpha value is -1.61. The maximum atomic E-state index is 12.6. The molecule has 0 amide bonds. The third-order valence-electron chi connectivity index (χ3n) is 3.94. The van der Waals surface area contributed by atoms with Crippen molar-refractivity contribution in [3.63, 3.8) is 0 Å². The van der Waals surface area contributed by atoms with Crippen LogP contribution in [0.4, 0.5) is 0 Å². The van der Waals surface area contributed by atoms with Gasteiger partial charge in [0.2, 0.25) is 0 Å². The summed E-state index contributed by atoms with van der Waals surface area (Å²) >= 11 is 0. The van der Waals surface area contributed by atoms with E-state index in [2.05, 4.69) is 41.0 Å². The summed E-state index contributed by atoms with van der Waals surface area (Å²) in [6.07, 6.45) is 2.42. The van der Waals surface area contributed by atoms with E-state index in [1.54, 1.807) is 0 Å². The zero-order chi connectivity index (χ0) is 16.3. The van der Waals surface area contributed by atoms with Gasteiger partial charge in [0.15, 0.2) is 0 Å². The smallest absolute Gasteiger partial charge is 0.332 e. The van der Waals surface area contributed by atoms with Crippen molar-refractivity contribution < 1.29 is 13.6 Å².